The van der Waals surface area contributed by atoms with Crippen LogP contribution in [0.15, 0.2) is 24.3 Å². The van der Waals surface area contributed by atoms with Gasteiger partial charge in [-0.25, -0.2) is 4.57 Å². The number of rotatable bonds is 13. The highest BCUT2D eigenvalue weighted by Gasteiger charge is 2.12. The second-order valence-electron chi connectivity index (χ2n) is 5.69. The minimum absolute atomic E-state index is 0. The third-order valence-electron chi connectivity index (χ3n) is 3.60. The number of unbranched alkanes of at least 4 members (excludes halogenated alkanes) is 6. The zero-order valence-corrected chi connectivity index (χ0v) is 14.8. The summed E-state index contributed by atoms with van der Waals surface area (Å²) in [6.07, 6.45) is 10.2. The molecule has 1 aromatic rings. The minimum Gasteiger partial charge on any atom is -0.491 e. The Labute approximate surface area is 154 Å². The maximum Gasteiger partial charge on any atom is 0.469 e. The molecule has 25 heavy (non-hydrogen) atoms. The van der Waals surface area contributed by atoms with Gasteiger partial charge in [0.2, 0.25) is 0 Å². The van der Waals surface area contributed by atoms with E-state index in [2.05, 4.69) is 11.4 Å². The van der Waals surface area contributed by atoms with Crippen molar-refractivity contribution in [2.75, 3.05) is 13.2 Å². The first-order valence-electron chi connectivity index (χ1n) is 8.43. The quantitative estimate of drug-likeness (QED) is 0.339. The Morgan fingerprint density at radius 3 is 2.00 bits per heavy atom. The molecule has 0 aliphatic rings. The van der Waals surface area contributed by atoms with Crippen LogP contribution in [-0.2, 0) is 15.5 Å². The first-order chi connectivity index (χ1) is 11.0. The van der Waals surface area contributed by atoms with Crippen molar-refractivity contribution >= 4 is 7.82 Å². The van der Waals surface area contributed by atoms with Crippen LogP contribution in [-0.4, -0.2) is 23.0 Å². The molecule has 0 radical (unpaired) electrons. The second kappa shape index (κ2) is 15.4. The molecule has 0 unspecified atom stereocenters. The highest BCUT2D eigenvalue weighted by molar-refractivity contribution is 7.46. The van der Waals surface area contributed by atoms with E-state index in [4.69, 9.17) is 14.5 Å². The van der Waals surface area contributed by atoms with Crippen molar-refractivity contribution in [1.29, 1.82) is 0 Å². The van der Waals surface area contributed by atoms with E-state index in [0.717, 1.165) is 6.42 Å². The van der Waals surface area contributed by atoms with Crippen molar-refractivity contribution in [2.45, 2.75) is 73.1 Å². The molecule has 0 fully saturated rings. The minimum atomic E-state index is -4.40. The fourth-order valence-corrected chi connectivity index (χ4v) is 2.67. The molecule has 0 spiro atoms. The van der Waals surface area contributed by atoms with Gasteiger partial charge in [0.15, 0.2) is 0 Å². The Balaban J connectivity index is 0. The molecule has 1 rings (SSSR count). The van der Waals surface area contributed by atoms with E-state index >= 15 is 0 Å². The second-order valence-corrected chi connectivity index (χ2v) is 6.93. The van der Waals surface area contributed by atoms with Crippen molar-refractivity contribution in [3.63, 3.8) is 0 Å². The van der Waals surface area contributed by atoms with Crippen LogP contribution in [0.5, 0.6) is 5.75 Å². The average Bonchev–Trinajstić information content (AvgIpc) is 2.51. The molecule has 0 aliphatic heterocycles. The molecule has 6 heteroatoms. The standard InChI is InChI=1S/C17H29O5P.2CH4/c1-2-3-4-5-6-7-8-9-16-10-12-17(13-11-16)21-14-15-22-23(18,19)20;;/h10-13H,2-9,14-15H2,1H3,(H2,18,19,20);2*1H4. The lowest BCUT2D eigenvalue weighted by Crippen LogP contribution is -2.05. The Kier molecular flexibility index (Phi) is 16.2. The topological polar surface area (TPSA) is 76.0 Å². The van der Waals surface area contributed by atoms with Crippen molar-refractivity contribution < 1.29 is 23.6 Å². The van der Waals surface area contributed by atoms with Gasteiger partial charge in [0.25, 0.3) is 0 Å². The lowest BCUT2D eigenvalue weighted by Gasteiger charge is -2.08. The monoisotopic (exact) mass is 376 g/mol. The summed E-state index contributed by atoms with van der Waals surface area (Å²) in [7, 11) is -4.40. The Hall–Kier alpha value is -0.870. The molecule has 0 saturated carbocycles. The fraction of sp³-hybridized carbons (Fsp3) is 0.684. The van der Waals surface area contributed by atoms with Gasteiger partial charge in [-0.2, -0.15) is 0 Å². The number of phosphoric acid groups is 1. The first-order valence-corrected chi connectivity index (χ1v) is 9.96. The molecule has 0 atom stereocenters. The predicted molar refractivity (Wildman–Crippen MR) is 105 cm³/mol. The van der Waals surface area contributed by atoms with Gasteiger partial charge in [0.05, 0.1) is 6.61 Å². The van der Waals surface area contributed by atoms with Gasteiger partial charge >= 0.3 is 7.82 Å². The molecular weight excluding hydrogens is 339 g/mol. The van der Waals surface area contributed by atoms with E-state index in [0.29, 0.717) is 5.75 Å². The zero-order valence-electron chi connectivity index (χ0n) is 13.9. The summed E-state index contributed by atoms with van der Waals surface area (Å²) in [5.74, 6) is 0.683. The smallest absolute Gasteiger partial charge is 0.469 e. The van der Waals surface area contributed by atoms with E-state index in [9.17, 15) is 4.57 Å². The van der Waals surface area contributed by atoms with E-state index in [1.165, 1.54) is 50.5 Å². The predicted octanol–water partition coefficient (Wildman–Crippen LogP) is 5.74. The van der Waals surface area contributed by atoms with Crippen LogP contribution in [0.25, 0.3) is 0 Å². The van der Waals surface area contributed by atoms with Crippen LogP contribution in [0.2, 0.25) is 0 Å². The Morgan fingerprint density at radius 2 is 1.44 bits per heavy atom. The highest BCUT2D eigenvalue weighted by Crippen LogP contribution is 2.35. The molecule has 148 valence electrons. The fourth-order valence-electron chi connectivity index (χ4n) is 2.35. The summed E-state index contributed by atoms with van der Waals surface area (Å²) in [5, 5.41) is 0. The van der Waals surface area contributed by atoms with Crippen LogP contribution in [0.4, 0.5) is 0 Å². The third-order valence-corrected chi connectivity index (χ3v) is 4.12. The molecule has 5 nitrogen and oxygen atoms in total. The molecule has 0 aromatic heterocycles. The van der Waals surface area contributed by atoms with Gasteiger partial charge in [-0.1, -0.05) is 72.4 Å². The summed E-state index contributed by atoms with van der Waals surface area (Å²) < 4.78 is 20.2. The number of ether oxygens (including phenoxy) is 1. The van der Waals surface area contributed by atoms with Gasteiger partial charge in [0, 0.05) is 0 Å². The lowest BCUT2D eigenvalue weighted by atomic mass is 10.0. The van der Waals surface area contributed by atoms with Gasteiger partial charge in [-0.15, -0.1) is 0 Å². The molecule has 0 heterocycles. The van der Waals surface area contributed by atoms with E-state index in [-0.39, 0.29) is 28.1 Å². The maximum absolute atomic E-state index is 10.5. The van der Waals surface area contributed by atoms with Gasteiger partial charge in [0.1, 0.15) is 12.4 Å². The average molecular weight is 376 g/mol. The molecule has 1 aromatic carbocycles. The van der Waals surface area contributed by atoms with Gasteiger partial charge in [-0.05, 0) is 30.5 Å². The number of phosphoric ester groups is 1. The molecule has 2 N–H and O–H groups in total. The van der Waals surface area contributed by atoms with Crippen molar-refractivity contribution in [3.05, 3.63) is 29.8 Å². The van der Waals surface area contributed by atoms with Crippen molar-refractivity contribution in [1.82, 2.24) is 0 Å². The normalized spacial score (nSPS) is 10.7. The third kappa shape index (κ3) is 15.1. The molecule has 0 saturated heterocycles. The molecular formula is C19H37O5P. The SMILES string of the molecule is C.C.CCCCCCCCCc1ccc(OCCOP(=O)(O)O)cc1. The van der Waals surface area contributed by atoms with Crippen molar-refractivity contribution in [3.8, 4) is 5.75 Å². The molecule has 0 aliphatic carbocycles. The van der Waals surface area contributed by atoms with E-state index in [1.54, 1.807) is 0 Å². The van der Waals surface area contributed by atoms with Crippen LogP contribution in [0.3, 0.4) is 0 Å². The van der Waals surface area contributed by atoms with E-state index in [1.807, 2.05) is 24.3 Å². The maximum atomic E-state index is 10.5. The molecule has 0 amide bonds. The molecule has 0 bridgehead atoms. The summed E-state index contributed by atoms with van der Waals surface area (Å²) in [5.41, 5.74) is 1.29. The zero-order chi connectivity index (χ0) is 17.0. The number of benzene rings is 1. The van der Waals surface area contributed by atoms with Crippen LogP contribution >= 0.6 is 7.82 Å². The first kappa shape index (κ1) is 26.4. The van der Waals surface area contributed by atoms with Crippen LogP contribution < -0.4 is 4.74 Å². The van der Waals surface area contributed by atoms with Crippen LogP contribution in [0.1, 0.15) is 72.3 Å². The summed E-state index contributed by atoms with van der Waals surface area (Å²) >= 11 is 0. The van der Waals surface area contributed by atoms with Crippen molar-refractivity contribution in [2.24, 2.45) is 0 Å². The summed E-state index contributed by atoms with van der Waals surface area (Å²) in [6, 6.07) is 7.84. The lowest BCUT2D eigenvalue weighted by molar-refractivity contribution is 0.160. The van der Waals surface area contributed by atoms with E-state index < -0.39 is 7.82 Å². The van der Waals surface area contributed by atoms with Crippen LogP contribution in [0, 0.1) is 0 Å². The summed E-state index contributed by atoms with van der Waals surface area (Å²) in [6.45, 7) is 2.21. The Morgan fingerprint density at radius 1 is 0.880 bits per heavy atom. The number of hydrogen-bond donors (Lipinski definition) is 2. The Bertz CT molecular complexity index is 455. The largest absolute Gasteiger partial charge is 0.491 e. The number of hydrogen-bond acceptors (Lipinski definition) is 3. The highest BCUT2D eigenvalue weighted by atomic mass is 31.2. The van der Waals surface area contributed by atoms with Gasteiger partial charge < -0.3 is 14.5 Å². The number of aryl methyl sites for hydroxylation is 1. The van der Waals surface area contributed by atoms with Gasteiger partial charge in [-0.3, -0.25) is 4.52 Å². The summed E-state index contributed by atoms with van der Waals surface area (Å²) in [4.78, 5) is 17.1.